The Balaban J connectivity index is 1.13. The summed E-state index contributed by atoms with van der Waals surface area (Å²) in [4.78, 5) is 43.0. The lowest BCUT2D eigenvalue weighted by molar-refractivity contribution is 0.0868. The molecule has 1 atom stereocenters. The molecule has 2 aromatic heterocycles. The van der Waals surface area contributed by atoms with E-state index in [9.17, 15) is 9.59 Å². The van der Waals surface area contributed by atoms with Gasteiger partial charge in [-0.05, 0) is 77.4 Å². The SMILES string of the molecule is CC(=O)c1c(C)c2cnc(Nc3ccc4c(c3)OC[C@H]3CN(C5CCN(C)CC5)CCN43)nc2n(C2CCCC2)c1=O. The third kappa shape index (κ3) is 4.84. The first-order valence-corrected chi connectivity index (χ1v) is 15.5. The summed E-state index contributed by atoms with van der Waals surface area (Å²) in [7, 11) is 2.22. The minimum absolute atomic E-state index is 0.0476. The summed E-state index contributed by atoms with van der Waals surface area (Å²) in [6.07, 6.45) is 8.21. The Morgan fingerprint density at radius 1 is 1.02 bits per heavy atom. The van der Waals surface area contributed by atoms with Crippen molar-refractivity contribution < 1.29 is 9.53 Å². The van der Waals surface area contributed by atoms with Crippen molar-refractivity contribution in [2.45, 2.75) is 70.5 Å². The summed E-state index contributed by atoms with van der Waals surface area (Å²) < 4.78 is 8.06. The van der Waals surface area contributed by atoms with Gasteiger partial charge in [0, 0.05) is 55.1 Å². The number of nitrogens with one attached hydrogen (secondary N) is 1. The molecule has 3 aliphatic heterocycles. The smallest absolute Gasteiger partial charge is 0.263 e. The second-order valence-corrected chi connectivity index (χ2v) is 12.6. The van der Waals surface area contributed by atoms with Gasteiger partial charge < -0.3 is 19.9 Å². The quantitative estimate of drug-likeness (QED) is 0.454. The number of piperazine rings is 1. The Morgan fingerprint density at radius 3 is 2.57 bits per heavy atom. The summed E-state index contributed by atoms with van der Waals surface area (Å²) in [5.41, 5.74) is 3.22. The summed E-state index contributed by atoms with van der Waals surface area (Å²) >= 11 is 0. The number of carbonyl (C=O) groups is 1. The van der Waals surface area contributed by atoms with E-state index in [1.165, 1.54) is 32.9 Å². The average Bonchev–Trinajstić information content (AvgIpc) is 3.51. The van der Waals surface area contributed by atoms with Gasteiger partial charge in [0.15, 0.2) is 5.78 Å². The number of ketones is 1. The van der Waals surface area contributed by atoms with E-state index in [1.807, 2.05) is 13.0 Å². The van der Waals surface area contributed by atoms with Gasteiger partial charge in [0.25, 0.3) is 5.56 Å². The van der Waals surface area contributed by atoms with E-state index in [4.69, 9.17) is 9.72 Å². The molecule has 1 aromatic carbocycles. The van der Waals surface area contributed by atoms with E-state index in [-0.39, 0.29) is 22.9 Å². The lowest BCUT2D eigenvalue weighted by atomic mass is 10.00. The molecule has 0 radical (unpaired) electrons. The standard InChI is InChI=1S/C32H41N7O3/c1-20-26-17-33-32(35-30(26)39(24-6-4-5-7-24)31(41)29(20)21(2)40)34-22-8-9-27-28(16-22)42-19-25-18-37(14-15-38(25)27)23-10-12-36(3)13-11-23/h8-9,16-17,23-25H,4-7,10-15,18-19H2,1-3H3,(H,33,34,35)/t25-/m1/s1. The molecule has 5 heterocycles. The van der Waals surface area contributed by atoms with Crippen molar-refractivity contribution in [3.63, 3.8) is 0 Å². The van der Waals surface area contributed by atoms with Crippen LogP contribution < -0.4 is 20.5 Å². The summed E-state index contributed by atoms with van der Waals surface area (Å²) in [6.45, 7) is 9.46. The third-order valence-corrected chi connectivity index (χ3v) is 9.93. The van der Waals surface area contributed by atoms with Crippen molar-refractivity contribution in [2.75, 3.05) is 56.6 Å². The Kier molecular flexibility index (Phi) is 7.14. The van der Waals surface area contributed by atoms with E-state index in [0.29, 0.717) is 35.8 Å². The number of anilines is 3. The number of pyridine rings is 1. The zero-order valence-electron chi connectivity index (χ0n) is 24.9. The highest BCUT2D eigenvalue weighted by atomic mass is 16.5. The summed E-state index contributed by atoms with van der Waals surface area (Å²) in [5, 5.41) is 4.10. The first-order valence-electron chi connectivity index (χ1n) is 15.5. The maximum Gasteiger partial charge on any atom is 0.263 e. The van der Waals surface area contributed by atoms with Crippen LogP contribution in [0.1, 0.15) is 67.4 Å². The van der Waals surface area contributed by atoms with Crippen LogP contribution >= 0.6 is 0 Å². The van der Waals surface area contributed by atoms with Crippen LogP contribution in [0.2, 0.25) is 0 Å². The summed E-state index contributed by atoms with van der Waals surface area (Å²) in [5.74, 6) is 1.08. The fourth-order valence-corrected chi connectivity index (χ4v) is 7.60. The molecule has 42 heavy (non-hydrogen) atoms. The number of benzene rings is 1. The normalized spacial score (nSPS) is 22.2. The lowest BCUT2D eigenvalue weighted by Gasteiger charge is -2.48. The van der Waals surface area contributed by atoms with Gasteiger partial charge >= 0.3 is 0 Å². The molecule has 3 aromatic rings. The number of aryl methyl sites for hydroxylation is 1. The van der Waals surface area contributed by atoms with Crippen LogP contribution in [0, 0.1) is 6.92 Å². The van der Waals surface area contributed by atoms with Crippen LogP contribution in [0.3, 0.4) is 0 Å². The second-order valence-electron chi connectivity index (χ2n) is 12.6. The molecule has 1 saturated carbocycles. The van der Waals surface area contributed by atoms with Crippen molar-refractivity contribution in [1.29, 1.82) is 0 Å². The number of hydrogen-bond donors (Lipinski definition) is 1. The van der Waals surface area contributed by atoms with Gasteiger partial charge in [0.05, 0.1) is 17.3 Å². The molecule has 4 aliphatic rings. The van der Waals surface area contributed by atoms with Crippen LogP contribution in [-0.2, 0) is 0 Å². The van der Waals surface area contributed by atoms with Crippen LogP contribution in [0.15, 0.2) is 29.2 Å². The Morgan fingerprint density at radius 2 is 1.81 bits per heavy atom. The molecular weight excluding hydrogens is 530 g/mol. The van der Waals surface area contributed by atoms with Crippen LogP contribution in [0.5, 0.6) is 5.75 Å². The highest BCUT2D eigenvalue weighted by molar-refractivity contribution is 5.99. The molecule has 0 spiro atoms. The molecular formula is C32H41N7O3. The molecule has 0 bridgehead atoms. The van der Waals surface area contributed by atoms with Crippen LogP contribution in [-0.4, -0.2) is 88.6 Å². The van der Waals surface area contributed by atoms with Crippen molar-refractivity contribution in [1.82, 2.24) is 24.3 Å². The third-order valence-electron chi connectivity index (χ3n) is 9.93. The number of piperidine rings is 1. The number of fused-ring (bicyclic) bond motifs is 4. The average molecular weight is 572 g/mol. The maximum absolute atomic E-state index is 13.5. The van der Waals surface area contributed by atoms with Gasteiger partial charge in [-0.3, -0.25) is 19.1 Å². The van der Waals surface area contributed by atoms with Crippen molar-refractivity contribution >= 4 is 34.1 Å². The van der Waals surface area contributed by atoms with Gasteiger partial charge in [-0.1, -0.05) is 12.8 Å². The molecule has 0 unspecified atom stereocenters. The number of aromatic nitrogens is 3. The number of hydrogen-bond acceptors (Lipinski definition) is 9. The molecule has 222 valence electrons. The zero-order valence-corrected chi connectivity index (χ0v) is 24.9. The molecule has 3 fully saturated rings. The molecule has 10 nitrogen and oxygen atoms in total. The molecule has 7 rings (SSSR count). The van der Waals surface area contributed by atoms with Gasteiger partial charge in [-0.25, -0.2) is 4.98 Å². The predicted molar refractivity (Wildman–Crippen MR) is 164 cm³/mol. The fraction of sp³-hybridized carbons (Fsp3) is 0.562. The Bertz CT molecular complexity index is 1570. The fourth-order valence-electron chi connectivity index (χ4n) is 7.60. The van der Waals surface area contributed by atoms with Crippen molar-refractivity contribution in [3.8, 4) is 5.75 Å². The molecule has 0 amide bonds. The van der Waals surface area contributed by atoms with E-state index >= 15 is 0 Å². The minimum atomic E-state index is -0.239. The van der Waals surface area contributed by atoms with Gasteiger partial charge in [0.1, 0.15) is 18.0 Å². The minimum Gasteiger partial charge on any atom is -0.489 e. The number of ether oxygens (including phenoxy) is 1. The Hall–Kier alpha value is -3.50. The van der Waals surface area contributed by atoms with Gasteiger partial charge in [-0.2, -0.15) is 4.98 Å². The highest BCUT2D eigenvalue weighted by Gasteiger charge is 2.36. The number of carbonyl (C=O) groups excluding carboxylic acids is 1. The predicted octanol–water partition coefficient (Wildman–Crippen LogP) is 4.14. The van der Waals surface area contributed by atoms with Crippen molar-refractivity contribution in [3.05, 3.63) is 45.9 Å². The van der Waals surface area contributed by atoms with E-state index in [1.54, 1.807) is 10.8 Å². The largest absolute Gasteiger partial charge is 0.489 e. The molecule has 1 aliphatic carbocycles. The van der Waals surface area contributed by atoms with Crippen molar-refractivity contribution in [2.24, 2.45) is 0 Å². The molecule has 10 heteroatoms. The Labute approximate surface area is 246 Å². The number of rotatable bonds is 5. The molecule has 1 N–H and O–H groups in total. The zero-order chi connectivity index (χ0) is 29.0. The number of likely N-dealkylation sites (tertiary alicyclic amines) is 1. The van der Waals surface area contributed by atoms with E-state index in [2.05, 4.69) is 44.2 Å². The van der Waals surface area contributed by atoms with Gasteiger partial charge in [-0.15, -0.1) is 0 Å². The lowest BCUT2D eigenvalue weighted by Crippen LogP contribution is -2.60. The van der Waals surface area contributed by atoms with Crippen LogP contribution in [0.4, 0.5) is 17.3 Å². The van der Waals surface area contributed by atoms with Gasteiger partial charge in [0.2, 0.25) is 5.95 Å². The summed E-state index contributed by atoms with van der Waals surface area (Å²) in [6, 6.07) is 7.30. The highest BCUT2D eigenvalue weighted by Crippen LogP contribution is 2.38. The van der Waals surface area contributed by atoms with E-state index in [0.717, 1.165) is 67.8 Å². The molecule has 2 saturated heterocycles. The maximum atomic E-state index is 13.5. The first-order chi connectivity index (χ1) is 20.4. The second kappa shape index (κ2) is 11.0. The monoisotopic (exact) mass is 571 g/mol. The van der Waals surface area contributed by atoms with Crippen LogP contribution in [0.25, 0.3) is 11.0 Å². The topological polar surface area (TPSA) is 95.8 Å². The van der Waals surface area contributed by atoms with E-state index < -0.39 is 0 Å². The number of Topliss-reactive ketones (excluding diaryl/α,β-unsaturated/α-hetero) is 1. The number of nitrogens with zero attached hydrogens (tertiary/aromatic N) is 6. The first kappa shape index (κ1) is 27.3.